The van der Waals surface area contributed by atoms with Crippen molar-refractivity contribution in [2.24, 2.45) is 4.99 Å². The quantitative estimate of drug-likeness (QED) is 0.881. The van der Waals surface area contributed by atoms with E-state index in [2.05, 4.69) is 16.6 Å². The van der Waals surface area contributed by atoms with Crippen LogP contribution in [0.4, 0.5) is 5.69 Å². The van der Waals surface area contributed by atoms with Gasteiger partial charge in [0.15, 0.2) is 10.9 Å². The van der Waals surface area contributed by atoms with E-state index in [0.717, 1.165) is 16.4 Å². The molecule has 4 nitrogen and oxygen atoms in total. The summed E-state index contributed by atoms with van der Waals surface area (Å²) in [5.41, 5.74) is 0.568. The molecule has 2 aromatic rings. The maximum atomic E-state index is 11.2. The first-order valence-corrected chi connectivity index (χ1v) is 8.00. The number of aliphatic hydroxyl groups is 1. The van der Waals surface area contributed by atoms with E-state index in [4.69, 9.17) is 0 Å². The summed E-state index contributed by atoms with van der Waals surface area (Å²) in [7, 11) is 0. The number of benzene rings is 1. The molecule has 0 spiro atoms. The van der Waals surface area contributed by atoms with Gasteiger partial charge in [-0.1, -0.05) is 48.2 Å². The number of pyridine rings is 1. The Morgan fingerprint density at radius 1 is 1.32 bits per heavy atom. The van der Waals surface area contributed by atoms with Gasteiger partial charge in [-0.05, 0) is 12.1 Å². The molecule has 0 aliphatic carbocycles. The predicted octanol–water partition coefficient (Wildman–Crippen LogP) is 3.15. The van der Waals surface area contributed by atoms with Crippen LogP contribution in [0.15, 0.2) is 72.5 Å². The van der Waals surface area contributed by atoms with Gasteiger partial charge in [0.1, 0.15) is 0 Å². The lowest BCUT2D eigenvalue weighted by atomic mass is 10.0. The van der Waals surface area contributed by atoms with Crippen molar-refractivity contribution in [3.8, 4) is 0 Å². The molecule has 1 atom stereocenters. The van der Waals surface area contributed by atoms with Crippen molar-refractivity contribution in [1.29, 1.82) is 0 Å². The van der Waals surface area contributed by atoms with Crippen molar-refractivity contribution in [2.75, 3.05) is 12.3 Å². The van der Waals surface area contributed by atoms with Gasteiger partial charge >= 0.3 is 0 Å². The zero-order chi connectivity index (χ0) is 15.4. The van der Waals surface area contributed by atoms with Crippen LogP contribution in [0.2, 0.25) is 0 Å². The molecule has 0 amide bonds. The van der Waals surface area contributed by atoms with Crippen LogP contribution in [-0.2, 0) is 5.72 Å². The van der Waals surface area contributed by atoms with E-state index in [9.17, 15) is 5.11 Å². The van der Waals surface area contributed by atoms with Crippen molar-refractivity contribution in [2.45, 2.75) is 5.72 Å². The molecule has 1 aliphatic rings. The summed E-state index contributed by atoms with van der Waals surface area (Å²) >= 11 is 1.54. The van der Waals surface area contributed by atoms with Gasteiger partial charge < -0.3 is 10.0 Å². The topological polar surface area (TPSA) is 48.7 Å². The van der Waals surface area contributed by atoms with Crippen molar-refractivity contribution < 1.29 is 5.11 Å². The number of hydrogen-bond donors (Lipinski definition) is 1. The molecule has 2 heterocycles. The third-order valence-corrected chi connectivity index (χ3v) is 4.62. The molecule has 0 bridgehead atoms. The smallest absolute Gasteiger partial charge is 0.175 e. The highest BCUT2D eigenvalue weighted by molar-refractivity contribution is 8.14. The van der Waals surface area contributed by atoms with Crippen LogP contribution in [-0.4, -0.2) is 32.5 Å². The summed E-state index contributed by atoms with van der Waals surface area (Å²) in [6, 6.07) is 13.4. The molecule has 5 heteroatoms. The van der Waals surface area contributed by atoms with Gasteiger partial charge in [-0.2, -0.15) is 0 Å². The molecule has 0 unspecified atom stereocenters. The van der Waals surface area contributed by atoms with Crippen LogP contribution in [0.25, 0.3) is 0 Å². The highest BCUT2D eigenvalue weighted by Crippen LogP contribution is 2.39. The summed E-state index contributed by atoms with van der Waals surface area (Å²) in [4.78, 5) is 10.6. The SMILES string of the molecule is C=CCN1C(=Nc2cccnc2)SC[C@@]1(O)c1ccccc1. The number of rotatable bonds is 4. The van der Waals surface area contributed by atoms with Gasteiger partial charge in [0, 0.05) is 18.3 Å². The number of aliphatic imine (C=N–C) groups is 1. The number of hydrogen-bond acceptors (Lipinski definition) is 4. The first-order chi connectivity index (χ1) is 10.7. The molecule has 0 saturated carbocycles. The van der Waals surface area contributed by atoms with E-state index >= 15 is 0 Å². The first kappa shape index (κ1) is 14.8. The molecular formula is C17H17N3OS. The van der Waals surface area contributed by atoms with Crippen molar-refractivity contribution in [3.63, 3.8) is 0 Å². The summed E-state index contributed by atoms with van der Waals surface area (Å²) < 4.78 is 0. The summed E-state index contributed by atoms with van der Waals surface area (Å²) in [5, 5.41) is 11.9. The van der Waals surface area contributed by atoms with Crippen molar-refractivity contribution in [3.05, 3.63) is 73.1 Å². The minimum atomic E-state index is -1.07. The predicted molar refractivity (Wildman–Crippen MR) is 91.0 cm³/mol. The molecule has 1 fully saturated rings. The lowest BCUT2D eigenvalue weighted by Crippen LogP contribution is -2.44. The normalized spacial score (nSPS) is 23.0. The van der Waals surface area contributed by atoms with E-state index in [1.807, 2.05) is 47.4 Å². The lowest BCUT2D eigenvalue weighted by molar-refractivity contribution is -0.0422. The summed E-state index contributed by atoms with van der Waals surface area (Å²) in [6.45, 7) is 4.32. The minimum absolute atomic E-state index is 0.525. The number of thioether (sulfide) groups is 1. The zero-order valence-corrected chi connectivity index (χ0v) is 12.9. The van der Waals surface area contributed by atoms with E-state index in [0.29, 0.717) is 12.3 Å². The Kier molecular flexibility index (Phi) is 4.27. The monoisotopic (exact) mass is 311 g/mol. The highest BCUT2D eigenvalue weighted by atomic mass is 32.2. The number of aromatic nitrogens is 1. The molecule has 1 aromatic heterocycles. The minimum Gasteiger partial charge on any atom is -0.366 e. The van der Waals surface area contributed by atoms with Crippen LogP contribution in [0, 0.1) is 0 Å². The molecule has 1 saturated heterocycles. The average Bonchev–Trinajstić information content (AvgIpc) is 2.88. The number of nitrogens with zero attached hydrogens (tertiary/aromatic N) is 3. The van der Waals surface area contributed by atoms with Gasteiger partial charge in [0.2, 0.25) is 0 Å². The Labute approximate surface area is 134 Å². The van der Waals surface area contributed by atoms with Gasteiger partial charge in [-0.3, -0.25) is 4.98 Å². The second-order valence-corrected chi connectivity index (χ2v) is 5.92. The van der Waals surface area contributed by atoms with E-state index < -0.39 is 5.72 Å². The fourth-order valence-electron chi connectivity index (χ4n) is 2.40. The Balaban J connectivity index is 1.98. The second-order valence-electron chi connectivity index (χ2n) is 4.98. The van der Waals surface area contributed by atoms with Gasteiger partial charge in [0.25, 0.3) is 0 Å². The highest BCUT2D eigenvalue weighted by Gasteiger charge is 2.44. The van der Waals surface area contributed by atoms with Crippen LogP contribution < -0.4 is 0 Å². The molecule has 22 heavy (non-hydrogen) atoms. The maximum absolute atomic E-state index is 11.2. The van der Waals surface area contributed by atoms with Crippen LogP contribution >= 0.6 is 11.8 Å². The molecule has 0 radical (unpaired) electrons. The third-order valence-electron chi connectivity index (χ3n) is 3.50. The molecule has 1 aromatic carbocycles. The second kappa shape index (κ2) is 6.34. The van der Waals surface area contributed by atoms with Crippen molar-refractivity contribution >= 4 is 22.6 Å². The van der Waals surface area contributed by atoms with E-state index in [-0.39, 0.29) is 0 Å². The van der Waals surface area contributed by atoms with E-state index in [1.165, 1.54) is 11.8 Å². The fourth-order valence-corrected chi connectivity index (χ4v) is 3.61. The largest absolute Gasteiger partial charge is 0.366 e. The van der Waals surface area contributed by atoms with Crippen LogP contribution in [0.1, 0.15) is 5.56 Å². The Bertz CT molecular complexity index is 675. The summed E-state index contributed by atoms with van der Waals surface area (Å²) in [6.07, 6.45) is 5.20. The molecule has 1 N–H and O–H groups in total. The summed E-state index contributed by atoms with van der Waals surface area (Å²) in [5.74, 6) is 0.532. The van der Waals surface area contributed by atoms with Gasteiger partial charge in [-0.25, -0.2) is 4.99 Å². The zero-order valence-electron chi connectivity index (χ0n) is 12.1. The van der Waals surface area contributed by atoms with Gasteiger partial charge in [0.05, 0.1) is 17.6 Å². The van der Waals surface area contributed by atoms with Crippen molar-refractivity contribution in [1.82, 2.24) is 9.88 Å². The fraction of sp³-hybridized carbons (Fsp3) is 0.176. The third kappa shape index (κ3) is 2.77. The molecule has 112 valence electrons. The Hall–Kier alpha value is -2.11. The average molecular weight is 311 g/mol. The van der Waals surface area contributed by atoms with Crippen LogP contribution in [0.5, 0.6) is 0 Å². The van der Waals surface area contributed by atoms with E-state index in [1.54, 1.807) is 18.5 Å². The molecule has 1 aliphatic heterocycles. The molecular weight excluding hydrogens is 294 g/mol. The lowest BCUT2D eigenvalue weighted by Gasteiger charge is -2.33. The standard InChI is InChI=1S/C17H17N3OS/c1-2-11-20-16(19-15-9-6-10-18-12-15)22-13-17(20,21)14-7-4-3-5-8-14/h2-10,12,21H,1,11,13H2/t17-/m1/s1. The van der Waals surface area contributed by atoms with Gasteiger partial charge in [-0.15, -0.1) is 6.58 Å². The number of amidine groups is 1. The Morgan fingerprint density at radius 3 is 2.82 bits per heavy atom. The Morgan fingerprint density at radius 2 is 2.14 bits per heavy atom. The first-order valence-electron chi connectivity index (χ1n) is 7.02. The molecule has 3 rings (SSSR count). The van der Waals surface area contributed by atoms with Crippen LogP contribution in [0.3, 0.4) is 0 Å². The maximum Gasteiger partial charge on any atom is 0.175 e.